The Labute approximate surface area is 141 Å². The van der Waals surface area contributed by atoms with Crippen LogP contribution in [0.1, 0.15) is 44.6 Å². The second-order valence-corrected chi connectivity index (χ2v) is 7.13. The molecule has 1 aromatic rings. The van der Waals surface area contributed by atoms with E-state index in [9.17, 15) is 4.79 Å². The third-order valence-corrected chi connectivity index (χ3v) is 3.90. The maximum Gasteiger partial charge on any atom is 0.227 e. The summed E-state index contributed by atoms with van der Waals surface area (Å²) in [6.45, 7) is 15.5. The number of ether oxygens (including phenoxy) is 1. The van der Waals surface area contributed by atoms with Gasteiger partial charge in [-0.25, -0.2) is 0 Å². The minimum atomic E-state index is 0.158. The number of nitrogens with zero attached hydrogens (tertiary/aromatic N) is 3. The fourth-order valence-corrected chi connectivity index (χ4v) is 2.74. The van der Waals surface area contributed by atoms with Gasteiger partial charge in [0.05, 0.1) is 18.7 Å². The molecule has 1 amide bonds. The van der Waals surface area contributed by atoms with Crippen LogP contribution in [0.3, 0.4) is 0 Å². The largest absolute Gasteiger partial charge is 0.383 e. The Morgan fingerprint density at radius 3 is 2.39 bits per heavy atom. The summed E-state index contributed by atoms with van der Waals surface area (Å²) < 4.78 is 7.17. The van der Waals surface area contributed by atoms with Gasteiger partial charge in [-0.05, 0) is 25.7 Å². The molecule has 23 heavy (non-hydrogen) atoms. The highest BCUT2D eigenvalue weighted by Crippen LogP contribution is 2.16. The van der Waals surface area contributed by atoms with Gasteiger partial charge in [0.15, 0.2) is 0 Å². The molecule has 0 bridgehead atoms. The van der Waals surface area contributed by atoms with Crippen molar-refractivity contribution in [2.75, 3.05) is 26.8 Å². The molecule has 0 saturated heterocycles. The number of rotatable bonds is 9. The van der Waals surface area contributed by atoms with E-state index in [0.717, 1.165) is 30.0 Å². The van der Waals surface area contributed by atoms with Gasteiger partial charge in [-0.3, -0.25) is 9.48 Å². The zero-order chi connectivity index (χ0) is 17.6. The first kappa shape index (κ1) is 19.7. The summed E-state index contributed by atoms with van der Waals surface area (Å²) in [5.74, 6) is 1.14. The van der Waals surface area contributed by atoms with E-state index in [1.807, 2.05) is 16.5 Å². The molecule has 0 saturated carbocycles. The van der Waals surface area contributed by atoms with Crippen LogP contribution in [0.25, 0.3) is 0 Å². The van der Waals surface area contributed by atoms with Crippen molar-refractivity contribution in [1.29, 1.82) is 0 Å². The van der Waals surface area contributed by atoms with Crippen molar-refractivity contribution in [2.45, 2.75) is 54.5 Å². The normalized spacial score (nSPS) is 11.5. The summed E-state index contributed by atoms with van der Waals surface area (Å²) in [4.78, 5) is 14.6. The molecule has 0 fully saturated rings. The van der Waals surface area contributed by atoms with Crippen LogP contribution in [0, 0.1) is 25.7 Å². The van der Waals surface area contributed by atoms with Crippen molar-refractivity contribution in [3.8, 4) is 0 Å². The van der Waals surface area contributed by atoms with Gasteiger partial charge in [0.25, 0.3) is 0 Å². The fourth-order valence-electron chi connectivity index (χ4n) is 2.74. The number of amides is 1. The van der Waals surface area contributed by atoms with E-state index in [4.69, 9.17) is 4.74 Å². The second-order valence-electron chi connectivity index (χ2n) is 7.13. The Morgan fingerprint density at radius 1 is 1.22 bits per heavy atom. The Balaban J connectivity index is 2.87. The van der Waals surface area contributed by atoms with Crippen LogP contribution in [-0.2, 0) is 22.5 Å². The summed E-state index contributed by atoms with van der Waals surface area (Å²) in [7, 11) is 1.67. The second kappa shape index (κ2) is 9.06. The van der Waals surface area contributed by atoms with Gasteiger partial charge in [0, 0.05) is 38.0 Å². The third-order valence-electron chi connectivity index (χ3n) is 3.90. The van der Waals surface area contributed by atoms with Crippen LogP contribution in [0.5, 0.6) is 0 Å². The van der Waals surface area contributed by atoms with Crippen LogP contribution in [0.2, 0.25) is 0 Å². The molecule has 1 aromatic heterocycles. The minimum Gasteiger partial charge on any atom is -0.383 e. The summed E-state index contributed by atoms with van der Waals surface area (Å²) in [5.41, 5.74) is 3.15. The molecule has 0 unspecified atom stereocenters. The van der Waals surface area contributed by atoms with E-state index >= 15 is 0 Å². The minimum absolute atomic E-state index is 0.158. The van der Waals surface area contributed by atoms with Gasteiger partial charge in [-0.15, -0.1) is 0 Å². The fraction of sp³-hybridized carbons (Fsp3) is 0.778. The standard InChI is InChI=1S/C18H33N3O2/c1-13(2)11-20(8-9-23-7)18(22)10-17-15(5)19-21(16(17)6)12-14(3)4/h13-14H,8-12H2,1-7H3. The summed E-state index contributed by atoms with van der Waals surface area (Å²) in [5, 5.41) is 4.61. The quantitative estimate of drug-likeness (QED) is 0.702. The number of carbonyl (C=O) groups excluding carboxylic acids is 1. The predicted molar refractivity (Wildman–Crippen MR) is 93.5 cm³/mol. The average molecular weight is 323 g/mol. The average Bonchev–Trinajstić information content (AvgIpc) is 2.69. The van der Waals surface area contributed by atoms with Crippen molar-refractivity contribution in [3.63, 3.8) is 0 Å². The van der Waals surface area contributed by atoms with Crippen molar-refractivity contribution < 1.29 is 9.53 Å². The monoisotopic (exact) mass is 323 g/mol. The van der Waals surface area contributed by atoms with Crippen molar-refractivity contribution in [1.82, 2.24) is 14.7 Å². The summed E-state index contributed by atoms with van der Waals surface area (Å²) >= 11 is 0. The van der Waals surface area contributed by atoms with Gasteiger partial charge < -0.3 is 9.64 Å². The molecule has 0 aliphatic heterocycles. The summed E-state index contributed by atoms with van der Waals surface area (Å²) in [6, 6.07) is 0. The lowest BCUT2D eigenvalue weighted by Gasteiger charge is -2.24. The third kappa shape index (κ3) is 5.98. The molecule has 1 heterocycles. The maximum atomic E-state index is 12.7. The van der Waals surface area contributed by atoms with E-state index in [1.54, 1.807) is 7.11 Å². The molecule has 0 atom stereocenters. The first-order valence-corrected chi connectivity index (χ1v) is 8.55. The zero-order valence-corrected chi connectivity index (χ0v) is 15.8. The first-order valence-electron chi connectivity index (χ1n) is 8.55. The maximum absolute atomic E-state index is 12.7. The zero-order valence-electron chi connectivity index (χ0n) is 15.8. The van der Waals surface area contributed by atoms with Gasteiger partial charge in [0.2, 0.25) is 5.91 Å². The van der Waals surface area contributed by atoms with Crippen molar-refractivity contribution >= 4 is 5.91 Å². The van der Waals surface area contributed by atoms with E-state index in [2.05, 4.69) is 39.7 Å². The Bertz CT molecular complexity index is 507. The number of methoxy groups -OCH3 is 1. The van der Waals surface area contributed by atoms with E-state index in [1.165, 1.54) is 0 Å². The molecular weight excluding hydrogens is 290 g/mol. The number of aryl methyl sites for hydroxylation is 1. The molecule has 0 aliphatic carbocycles. The topological polar surface area (TPSA) is 47.4 Å². The van der Waals surface area contributed by atoms with Crippen LogP contribution in [-0.4, -0.2) is 47.4 Å². The molecular formula is C18H33N3O2. The highest BCUT2D eigenvalue weighted by molar-refractivity contribution is 5.79. The molecule has 1 rings (SSSR count). The lowest BCUT2D eigenvalue weighted by Crippen LogP contribution is -2.37. The Kier molecular flexibility index (Phi) is 7.76. The van der Waals surface area contributed by atoms with E-state index in [0.29, 0.717) is 31.4 Å². The molecule has 5 nitrogen and oxygen atoms in total. The Hall–Kier alpha value is -1.36. The molecule has 0 radical (unpaired) electrons. The van der Waals surface area contributed by atoms with Gasteiger partial charge in [-0.2, -0.15) is 5.10 Å². The highest BCUT2D eigenvalue weighted by atomic mass is 16.5. The van der Waals surface area contributed by atoms with Gasteiger partial charge >= 0.3 is 0 Å². The molecule has 0 aromatic carbocycles. The lowest BCUT2D eigenvalue weighted by molar-refractivity contribution is -0.131. The number of hydrogen-bond donors (Lipinski definition) is 0. The smallest absolute Gasteiger partial charge is 0.227 e. The van der Waals surface area contributed by atoms with Crippen LogP contribution in [0.15, 0.2) is 0 Å². The van der Waals surface area contributed by atoms with Crippen LogP contribution in [0.4, 0.5) is 0 Å². The Morgan fingerprint density at radius 2 is 1.87 bits per heavy atom. The molecule has 0 N–H and O–H groups in total. The van der Waals surface area contributed by atoms with Gasteiger partial charge in [-0.1, -0.05) is 27.7 Å². The molecule has 5 heteroatoms. The lowest BCUT2D eigenvalue weighted by atomic mass is 10.1. The molecule has 0 spiro atoms. The SMILES string of the molecule is COCCN(CC(C)C)C(=O)Cc1c(C)nn(CC(C)C)c1C. The molecule has 0 aliphatic rings. The van der Waals surface area contributed by atoms with E-state index in [-0.39, 0.29) is 5.91 Å². The first-order chi connectivity index (χ1) is 10.8. The van der Waals surface area contributed by atoms with E-state index < -0.39 is 0 Å². The van der Waals surface area contributed by atoms with Crippen LogP contribution < -0.4 is 0 Å². The number of aromatic nitrogens is 2. The van der Waals surface area contributed by atoms with Crippen LogP contribution >= 0.6 is 0 Å². The van der Waals surface area contributed by atoms with Gasteiger partial charge in [0.1, 0.15) is 0 Å². The molecule has 132 valence electrons. The number of hydrogen-bond acceptors (Lipinski definition) is 3. The summed E-state index contributed by atoms with van der Waals surface area (Å²) in [6.07, 6.45) is 0.423. The number of carbonyl (C=O) groups is 1. The van der Waals surface area contributed by atoms with Crippen molar-refractivity contribution in [2.24, 2.45) is 11.8 Å². The van der Waals surface area contributed by atoms with Crippen molar-refractivity contribution in [3.05, 3.63) is 17.0 Å². The highest BCUT2D eigenvalue weighted by Gasteiger charge is 2.20. The predicted octanol–water partition coefficient (Wildman–Crippen LogP) is 2.83.